The molecule has 0 spiro atoms. The van der Waals surface area contributed by atoms with Crippen molar-refractivity contribution in [1.29, 1.82) is 0 Å². The molecule has 0 aromatic carbocycles. The van der Waals surface area contributed by atoms with Crippen LogP contribution in [-0.2, 0) is 9.84 Å². The fraction of sp³-hybridized carbons (Fsp3) is 0.875. The summed E-state index contributed by atoms with van der Waals surface area (Å²) in [5, 5.41) is 2.78. The molecule has 0 bridgehead atoms. The van der Waals surface area contributed by atoms with Gasteiger partial charge in [-0.2, -0.15) is 0 Å². The van der Waals surface area contributed by atoms with E-state index in [1.165, 1.54) is 0 Å². The molecular weight excluding hydrogens is 204 g/mol. The number of nitrogens with zero attached hydrogens (tertiary/aromatic N) is 1. The predicted octanol–water partition coefficient (Wildman–Crippen LogP) is -0.411. The summed E-state index contributed by atoms with van der Waals surface area (Å²) in [6, 6.07) is -0.135. The Bertz CT molecular complexity index is 361. The molecule has 0 saturated carbocycles. The third-order valence-electron chi connectivity index (χ3n) is 2.65. The van der Waals surface area contributed by atoms with Crippen LogP contribution in [0.3, 0.4) is 0 Å². The molecule has 2 amide bonds. The monoisotopic (exact) mass is 218 g/mol. The van der Waals surface area contributed by atoms with Gasteiger partial charge in [0, 0.05) is 13.1 Å². The van der Waals surface area contributed by atoms with Gasteiger partial charge in [-0.05, 0) is 13.3 Å². The van der Waals surface area contributed by atoms with Gasteiger partial charge in [-0.15, -0.1) is 0 Å². The second-order valence-corrected chi connectivity index (χ2v) is 6.50. The summed E-state index contributed by atoms with van der Waals surface area (Å²) in [4.78, 5) is 13.0. The van der Waals surface area contributed by atoms with Gasteiger partial charge < -0.3 is 10.2 Å². The largest absolute Gasteiger partial charge is 0.332 e. The second-order valence-electron chi connectivity index (χ2n) is 4.32. The maximum absolute atomic E-state index is 11.4. The van der Waals surface area contributed by atoms with Crippen molar-refractivity contribution in [3.8, 4) is 0 Å². The Morgan fingerprint density at radius 1 is 1.43 bits per heavy atom. The molecule has 1 N–H and O–H groups in total. The minimum Gasteiger partial charge on any atom is -0.332 e. The fourth-order valence-corrected chi connectivity index (χ4v) is 3.79. The molecule has 2 heterocycles. The smallest absolute Gasteiger partial charge is 0.317 e. The lowest BCUT2D eigenvalue weighted by Crippen LogP contribution is -2.48. The molecule has 2 fully saturated rings. The maximum atomic E-state index is 11.4. The molecule has 0 aliphatic carbocycles. The van der Waals surface area contributed by atoms with Crippen molar-refractivity contribution < 1.29 is 13.2 Å². The number of rotatable bonds is 1. The number of nitrogens with one attached hydrogen (secondary N) is 1. The number of urea groups is 1. The zero-order chi connectivity index (χ0) is 10.4. The first-order valence-electron chi connectivity index (χ1n) is 4.68. The van der Waals surface area contributed by atoms with Crippen molar-refractivity contribution in [2.24, 2.45) is 0 Å². The van der Waals surface area contributed by atoms with Gasteiger partial charge in [0.25, 0.3) is 0 Å². The third-order valence-corrected chi connectivity index (χ3v) is 4.55. The van der Waals surface area contributed by atoms with Crippen LogP contribution < -0.4 is 5.32 Å². The van der Waals surface area contributed by atoms with Gasteiger partial charge >= 0.3 is 6.03 Å². The highest BCUT2D eigenvalue weighted by Gasteiger charge is 2.41. The number of carbonyl (C=O) groups is 1. The van der Waals surface area contributed by atoms with Gasteiger partial charge in [0.1, 0.15) is 0 Å². The van der Waals surface area contributed by atoms with Crippen LogP contribution in [0, 0.1) is 0 Å². The number of hydrogen-bond donors (Lipinski definition) is 1. The molecule has 0 radical (unpaired) electrons. The lowest BCUT2D eigenvalue weighted by molar-refractivity contribution is 0.218. The van der Waals surface area contributed by atoms with E-state index in [4.69, 9.17) is 0 Å². The lowest BCUT2D eigenvalue weighted by atomic mass is 10.0. The van der Waals surface area contributed by atoms with Crippen molar-refractivity contribution in [3.05, 3.63) is 0 Å². The minimum atomic E-state index is -2.94. The van der Waals surface area contributed by atoms with E-state index in [2.05, 4.69) is 5.32 Å². The molecule has 2 saturated heterocycles. The molecule has 1 atom stereocenters. The molecule has 80 valence electrons. The normalized spacial score (nSPS) is 34.2. The van der Waals surface area contributed by atoms with E-state index in [0.29, 0.717) is 6.42 Å². The van der Waals surface area contributed by atoms with Crippen molar-refractivity contribution in [2.45, 2.75) is 18.9 Å². The van der Waals surface area contributed by atoms with E-state index in [0.717, 1.165) is 13.1 Å². The van der Waals surface area contributed by atoms with Crippen LogP contribution >= 0.6 is 0 Å². The highest BCUT2D eigenvalue weighted by atomic mass is 32.2. The van der Waals surface area contributed by atoms with Gasteiger partial charge in [0.15, 0.2) is 9.84 Å². The molecule has 2 aliphatic heterocycles. The molecular formula is C8H14N2O3S. The average molecular weight is 218 g/mol. The van der Waals surface area contributed by atoms with Crippen LogP contribution in [0.15, 0.2) is 0 Å². The first-order chi connectivity index (χ1) is 6.40. The maximum Gasteiger partial charge on any atom is 0.317 e. The molecule has 2 rings (SSSR count). The van der Waals surface area contributed by atoms with Crippen LogP contribution in [0.5, 0.6) is 0 Å². The van der Waals surface area contributed by atoms with Crippen LogP contribution in [0.2, 0.25) is 0 Å². The lowest BCUT2D eigenvalue weighted by Gasteiger charge is -2.23. The van der Waals surface area contributed by atoms with E-state index < -0.39 is 15.4 Å². The third kappa shape index (κ3) is 2.00. The Morgan fingerprint density at radius 2 is 2.07 bits per heavy atom. The van der Waals surface area contributed by atoms with Gasteiger partial charge in [0.2, 0.25) is 0 Å². The van der Waals surface area contributed by atoms with E-state index in [9.17, 15) is 13.2 Å². The SMILES string of the molecule is C[C@]1(NC(=O)N2CC2)CCS(=O)(=O)C1. The van der Waals surface area contributed by atoms with Crippen LogP contribution in [-0.4, -0.2) is 49.5 Å². The van der Waals surface area contributed by atoms with Crippen molar-refractivity contribution in [3.63, 3.8) is 0 Å². The first-order valence-corrected chi connectivity index (χ1v) is 6.50. The number of amides is 2. The van der Waals surface area contributed by atoms with Crippen molar-refractivity contribution >= 4 is 15.9 Å². The first kappa shape index (κ1) is 9.76. The van der Waals surface area contributed by atoms with E-state index >= 15 is 0 Å². The van der Waals surface area contributed by atoms with Crippen LogP contribution in [0.4, 0.5) is 4.79 Å². The molecule has 14 heavy (non-hydrogen) atoms. The number of carbonyl (C=O) groups excluding carboxylic acids is 1. The van der Waals surface area contributed by atoms with Gasteiger partial charge in [-0.1, -0.05) is 0 Å². The van der Waals surface area contributed by atoms with Gasteiger partial charge in [-0.25, -0.2) is 13.2 Å². The predicted molar refractivity (Wildman–Crippen MR) is 51.8 cm³/mol. The fourth-order valence-electron chi connectivity index (χ4n) is 1.70. The Hall–Kier alpha value is -0.780. The Morgan fingerprint density at radius 3 is 2.50 bits per heavy atom. The minimum absolute atomic E-state index is 0.0690. The highest BCUT2D eigenvalue weighted by Crippen LogP contribution is 2.23. The second kappa shape index (κ2) is 2.85. The summed E-state index contributed by atoms with van der Waals surface area (Å²) in [7, 11) is -2.94. The topological polar surface area (TPSA) is 66.2 Å². The molecule has 5 nitrogen and oxygen atoms in total. The van der Waals surface area contributed by atoms with E-state index in [1.807, 2.05) is 0 Å². The Labute approximate surface area is 83.4 Å². The average Bonchev–Trinajstić information content (AvgIpc) is 2.79. The molecule has 2 aliphatic rings. The van der Waals surface area contributed by atoms with Crippen molar-refractivity contribution in [1.82, 2.24) is 10.2 Å². The van der Waals surface area contributed by atoms with E-state index in [1.54, 1.807) is 11.8 Å². The molecule has 6 heteroatoms. The Balaban J connectivity index is 2.00. The summed E-state index contributed by atoms with van der Waals surface area (Å²) in [6.45, 7) is 3.36. The standard InChI is InChI=1S/C8H14N2O3S/c1-8(2-5-14(12,13)6-8)9-7(11)10-3-4-10/h2-6H2,1H3,(H,9,11)/t8-/m0/s1. The summed E-state index contributed by atoms with van der Waals surface area (Å²) < 4.78 is 22.5. The quantitative estimate of drug-likeness (QED) is 0.608. The van der Waals surface area contributed by atoms with Crippen molar-refractivity contribution in [2.75, 3.05) is 24.6 Å². The summed E-state index contributed by atoms with van der Waals surface area (Å²) >= 11 is 0. The Kier molecular flexibility index (Phi) is 1.99. The van der Waals surface area contributed by atoms with Gasteiger partial charge in [-0.3, -0.25) is 0 Å². The summed E-state index contributed by atoms with van der Waals surface area (Å²) in [5.74, 6) is 0.253. The van der Waals surface area contributed by atoms with Crippen LogP contribution in [0.25, 0.3) is 0 Å². The molecule has 0 aromatic heterocycles. The van der Waals surface area contributed by atoms with Gasteiger partial charge in [0.05, 0.1) is 17.0 Å². The summed E-state index contributed by atoms with van der Waals surface area (Å²) in [6.07, 6.45) is 0.523. The van der Waals surface area contributed by atoms with Crippen LogP contribution in [0.1, 0.15) is 13.3 Å². The number of hydrogen-bond acceptors (Lipinski definition) is 3. The molecule has 0 aromatic rings. The zero-order valence-electron chi connectivity index (χ0n) is 8.12. The van der Waals surface area contributed by atoms with E-state index in [-0.39, 0.29) is 17.5 Å². The summed E-state index contributed by atoms with van der Waals surface area (Å²) in [5.41, 5.74) is -0.557. The zero-order valence-corrected chi connectivity index (χ0v) is 8.93. The highest BCUT2D eigenvalue weighted by molar-refractivity contribution is 7.91. The molecule has 0 unspecified atom stereocenters. The number of sulfone groups is 1.